The van der Waals surface area contributed by atoms with Crippen LogP contribution in [0.2, 0.25) is 0 Å². The molecule has 0 spiro atoms. The van der Waals surface area contributed by atoms with Gasteiger partial charge in [-0.25, -0.2) is 19.5 Å². The fraction of sp³-hybridized carbons (Fsp3) is 0.316. The number of H-pyrrole nitrogens is 1. The first kappa shape index (κ1) is 20.7. The molecule has 9 nitrogen and oxygen atoms in total. The molecule has 0 aliphatic rings. The van der Waals surface area contributed by atoms with Crippen LogP contribution in [0.1, 0.15) is 39.3 Å². The zero-order chi connectivity index (χ0) is 21.2. The maximum absolute atomic E-state index is 12.2. The topological polar surface area (TPSA) is 126 Å². The number of hydrogen-bond acceptors (Lipinski definition) is 6. The van der Waals surface area contributed by atoms with Gasteiger partial charge in [0, 0.05) is 23.2 Å². The first-order valence-electron chi connectivity index (χ1n) is 8.95. The van der Waals surface area contributed by atoms with E-state index in [1.54, 1.807) is 46.0 Å². The molecule has 1 atom stereocenters. The van der Waals surface area contributed by atoms with Crippen LogP contribution in [-0.2, 0) is 14.9 Å². The van der Waals surface area contributed by atoms with Crippen LogP contribution in [0.3, 0.4) is 0 Å². The number of aromatic nitrogens is 3. The molecule has 0 fully saturated rings. The standard InChI is InChI=1S/C19H23N5O4S/c1-12(23-29(26,27)24-18(25)28-19(2,3)4)13-5-7-14(8-6-13)16-15-9-10-20-17(15)22-11-21-16/h5-12,23H,1-4H3,(H,24,25)(H,20,21,22). The molecule has 1 unspecified atom stereocenters. The predicted molar refractivity (Wildman–Crippen MR) is 109 cm³/mol. The highest BCUT2D eigenvalue weighted by molar-refractivity contribution is 7.88. The van der Waals surface area contributed by atoms with Crippen molar-refractivity contribution in [3.63, 3.8) is 0 Å². The summed E-state index contributed by atoms with van der Waals surface area (Å²) in [5, 5.41) is 0.899. The molecule has 3 N–H and O–H groups in total. The minimum Gasteiger partial charge on any atom is -0.443 e. The summed E-state index contributed by atoms with van der Waals surface area (Å²) in [5.41, 5.74) is 2.33. The normalized spacial score (nSPS) is 13.2. The molecule has 3 aromatic rings. The van der Waals surface area contributed by atoms with Crippen LogP contribution in [0.5, 0.6) is 0 Å². The average molecular weight is 417 g/mol. The summed E-state index contributed by atoms with van der Waals surface area (Å²) >= 11 is 0. The molecule has 0 bridgehead atoms. The number of nitrogens with zero attached hydrogens (tertiary/aromatic N) is 2. The Hall–Kier alpha value is -2.98. The molecule has 2 aromatic heterocycles. The number of nitrogens with one attached hydrogen (secondary N) is 3. The van der Waals surface area contributed by atoms with E-state index in [-0.39, 0.29) is 0 Å². The fourth-order valence-electron chi connectivity index (χ4n) is 2.77. The average Bonchev–Trinajstić information content (AvgIpc) is 3.07. The minimum atomic E-state index is -4.08. The van der Waals surface area contributed by atoms with E-state index in [0.29, 0.717) is 0 Å². The third-order valence-corrected chi connectivity index (χ3v) is 5.09. The minimum absolute atomic E-state index is 0.568. The first-order chi connectivity index (χ1) is 13.5. The van der Waals surface area contributed by atoms with E-state index in [1.165, 1.54) is 6.33 Å². The number of carbonyl (C=O) groups excluding carboxylic acids is 1. The summed E-state index contributed by atoms with van der Waals surface area (Å²) < 4.78 is 33.6. The Morgan fingerprint density at radius 3 is 2.48 bits per heavy atom. The molecule has 3 rings (SSSR count). The molecule has 0 aliphatic heterocycles. The van der Waals surface area contributed by atoms with Gasteiger partial charge in [-0.05, 0) is 39.3 Å². The Morgan fingerprint density at radius 1 is 1.14 bits per heavy atom. The zero-order valence-corrected chi connectivity index (χ0v) is 17.4. The molecule has 1 amide bonds. The van der Waals surface area contributed by atoms with Gasteiger partial charge >= 0.3 is 16.3 Å². The third kappa shape index (κ3) is 5.30. The lowest BCUT2D eigenvalue weighted by molar-refractivity contribution is 0.0569. The van der Waals surface area contributed by atoms with Crippen LogP contribution in [0.25, 0.3) is 22.3 Å². The van der Waals surface area contributed by atoms with Gasteiger partial charge in [-0.15, -0.1) is 0 Å². The molecule has 0 radical (unpaired) electrons. The van der Waals surface area contributed by atoms with Crippen molar-refractivity contribution in [2.45, 2.75) is 39.3 Å². The molecule has 154 valence electrons. The number of hydrogen-bond donors (Lipinski definition) is 3. The summed E-state index contributed by atoms with van der Waals surface area (Å²) in [6.07, 6.45) is 2.25. The molecule has 10 heteroatoms. The lowest BCUT2D eigenvalue weighted by Gasteiger charge is -2.20. The van der Waals surface area contributed by atoms with Crippen molar-refractivity contribution in [3.8, 4) is 11.3 Å². The summed E-state index contributed by atoms with van der Waals surface area (Å²) in [7, 11) is -4.08. The Balaban J connectivity index is 1.71. The molecular weight excluding hydrogens is 394 g/mol. The largest absolute Gasteiger partial charge is 0.443 e. The first-order valence-corrected chi connectivity index (χ1v) is 10.4. The number of carbonyl (C=O) groups is 1. The summed E-state index contributed by atoms with van der Waals surface area (Å²) in [5.74, 6) is 0. The molecule has 2 heterocycles. The molecule has 0 aliphatic carbocycles. The summed E-state index contributed by atoms with van der Waals surface area (Å²) in [6.45, 7) is 6.62. The number of ether oxygens (including phenoxy) is 1. The van der Waals surface area contributed by atoms with Crippen LogP contribution >= 0.6 is 0 Å². The van der Waals surface area contributed by atoms with Gasteiger partial charge in [-0.3, -0.25) is 0 Å². The van der Waals surface area contributed by atoms with Gasteiger partial charge in [0.15, 0.2) is 0 Å². The van der Waals surface area contributed by atoms with Gasteiger partial charge in [0.1, 0.15) is 17.6 Å². The van der Waals surface area contributed by atoms with Crippen molar-refractivity contribution in [2.24, 2.45) is 0 Å². The Kier molecular flexibility index (Phi) is 5.58. The van der Waals surface area contributed by atoms with E-state index < -0.39 is 27.9 Å². The number of fused-ring (bicyclic) bond motifs is 1. The second-order valence-electron chi connectivity index (χ2n) is 7.53. The number of benzene rings is 1. The van der Waals surface area contributed by atoms with Crippen molar-refractivity contribution in [3.05, 3.63) is 48.4 Å². The molecule has 0 saturated heterocycles. The third-order valence-electron chi connectivity index (χ3n) is 3.99. The maximum atomic E-state index is 12.2. The van der Waals surface area contributed by atoms with Crippen molar-refractivity contribution >= 4 is 27.3 Å². The zero-order valence-electron chi connectivity index (χ0n) is 16.6. The van der Waals surface area contributed by atoms with Gasteiger partial charge in [0.2, 0.25) is 0 Å². The molecule has 1 aromatic carbocycles. The molecule has 0 saturated carbocycles. The summed E-state index contributed by atoms with van der Waals surface area (Å²) in [4.78, 5) is 23.3. The predicted octanol–water partition coefficient (Wildman–Crippen LogP) is 3.05. The molecule has 29 heavy (non-hydrogen) atoms. The van der Waals surface area contributed by atoms with E-state index in [2.05, 4.69) is 19.7 Å². The Labute approximate surface area is 169 Å². The lowest BCUT2D eigenvalue weighted by atomic mass is 10.0. The Morgan fingerprint density at radius 2 is 1.83 bits per heavy atom. The quantitative estimate of drug-likeness (QED) is 0.586. The van der Waals surface area contributed by atoms with Crippen molar-refractivity contribution < 1.29 is 17.9 Å². The van der Waals surface area contributed by atoms with E-state index in [4.69, 9.17) is 4.74 Å². The van der Waals surface area contributed by atoms with E-state index in [1.807, 2.05) is 22.9 Å². The lowest BCUT2D eigenvalue weighted by Crippen LogP contribution is -2.43. The van der Waals surface area contributed by atoms with Gasteiger partial charge in [-0.2, -0.15) is 13.1 Å². The monoisotopic (exact) mass is 417 g/mol. The highest BCUT2D eigenvalue weighted by Gasteiger charge is 2.23. The van der Waals surface area contributed by atoms with E-state index in [9.17, 15) is 13.2 Å². The van der Waals surface area contributed by atoms with Crippen LogP contribution in [0.4, 0.5) is 4.79 Å². The van der Waals surface area contributed by atoms with Gasteiger partial charge in [-0.1, -0.05) is 24.3 Å². The van der Waals surface area contributed by atoms with Gasteiger partial charge in [0.05, 0.1) is 5.69 Å². The number of rotatable bonds is 5. The van der Waals surface area contributed by atoms with Crippen LogP contribution in [-0.4, -0.2) is 35.1 Å². The smallest absolute Gasteiger partial charge is 0.422 e. The van der Waals surface area contributed by atoms with Crippen molar-refractivity contribution in [1.29, 1.82) is 0 Å². The number of amides is 1. The number of aromatic amines is 1. The van der Waals surface area contributed by atoms with E-state index >= 15 is 0 Å². The highest BCUT2D eigenvalue weighted by Crippen LogP contribution is 2.26. The SMILES string of the molecule is CC(NS(=O)(=O)NC(=O)OC(C)(C)C)c1ccc(-c2ncnc3[nH]ccc23)cc1. The second-order valence-corrected chi connectivity index (χ2v) is 8.98. The van der Waals surface area contributed by atoms with Gasteiger partial charge in [0.25, 0.3) is 0 Å². The molecular formula is C19H23N5O4S. The summed E-state index contributed by atoms with van der Waals surface area (Å²) in [6, 6.07) is 8.65. The van der Waals surface area contributed by atoms with E-state index in [0.717, 1.165) is 27.9 Å². The fourth-order valence-corrected chi connectivity index (χ4v) is 3.69. The second kappa shape index (κ2) is 7.80. The van der Waals surface area contributed by atoms with Crippen molar-refractivity contribution in [1.82, 2.24) is 24.4 Å². The highest BCUT2D eigenvalue weighted by atomic mass is 32.2. The van der Waals surface area contributed by atoms with Crippen molar-refractivity contribution in [2.75, 3.05) is 0 Å². The van der Waals surface area contributed by atoms with Crippen LogP contribution in [0.15, 0.2) is 42.9 Å². The Bertz CT molecular complexity index is 1120. The van der Waals surface area contributed by atoms with Crippen LogP contribution in [0, 0.1) is 0 Å². The maximum Gasteiger partial charge on any atom is 0.422 e. The van der Waals surface area contributed by atoms with Crippen LogP contribution < -0.4 is 9.44 Å². The van der Waals surface area contributed by atoms with Gasteiger partial charge < -0.3 is 9.72 Å².